The van der Waals surface area contributed by atoms with Gasteiger partial charge in [-0.15, -0.1) is 0 Å². The highest BCUT2D eigenvalue weighted by atomic mass is 14.3. The van der Waals surface area contributed by atoms with E-state index in [-0.39, 0.29) is 0 Å². The second-order valence-corrected chi connectivity index (χ2v) is 10.5. The van der Waals surface area contributed by atoms with Crippen molar-refractivity contribution < 1.29 is 0 Å². The number of aryl methyl sites for hydroxylation is 1. The van der Waals surface area contributed by atoms with Gasteiger partial charge >= 0.3 is 0 Å². The Kier molecular flexibility index (Phi) is 10.9. The molecular weight excluding hydrogens is 384 g/mol. The molecule has 0 aliphatic heterocycles. The normalized spacial score (nSPS) is 19.7. The van der Waals surface area contributed by atoms with E-state index < -0.39 is 0 Å². The Morgan fingerprint density at radius 3 is 1.91 bits per heavy atom. The molecule has 0 nitrogen and oxygen atoms in total. The minimum Gasteiger partial charge on any atom is -0.0654 e. The van der Waals surface area contributed by atoms with Crippen LogP contribution in [0.25, 0.3) is 11.1 Å². The predicted octanol–water partition coefficient (Wildman–Crippen LogP) is 10.4. The van der Waals surface area contributed by atoms with E-state index in [4.69, 9.17) is 0 Å². The first-order valence-corrected chi connectivity index (χ1v) is 13.9. The highest BCUT2D eigenvalue weighted by Crippen LogP contribution is 2.39. The van der Waals surface area contributed by atoms with Crippen LogP contribution in [-0.2, 0) is 6.42 Å². The van der Waals surface area contributed by atoms with Crippen LogP contribution < -0.4 is 0 Å². The number of rotatable bonds is 13. The lowest BCUT2D eigenvalue weighted by molar-refractivity contribution is 0.256. The van der Waals surface area contributed by atoms with Crippen molar-refractivity contribution in [2.75, 3.05) is 0 Å². The molecule has 0 heterocycles. The summed E-state index contributed by atoms with van der Waals surface area (Å²) in [7, 11) is 0. The van der Waals surface area contributed by atoms with E-state index in [0.29, 0.717) is 0 Å². The maximum Gasteiger partial charge on any atom is -0.0162 e. The predicted molar refractivity (Wildman–Crippen MR) is 142 cm³/mol. The van der Waals surface area contributed by atoms with Gasteiger partial charge in [0.05, 0.1) is 0 Å². The van der Waals surface area contributed by atoms with Crippen LogP contribution in [0.15, 0.2) is 48.5 Å². The topological polar surface area (TPSA) is 0 Å². The molecule has 1 unspecified atom stereocenters. The number of hydrogen-bond acceptors (Lipinski definition) is 0. The van der Waals surface area contributed by atoms with Crippen molar-refractivity contribution in [2.24, 2.45) is 11.8 Å². The lowest BCUT2D eigenvalue weighted by Crippen LogP contribution is -2.16. The minimum atomic E-state index is 0.779. The second-order valence-electron chi connectivity index (χ2n) is 10.5. The summed E-state index contributed by atoms with van der Waals surface area (Å²) in [6.45, 7) is 7.00. The Labute approximate surface area is 199 Å². The summed E-state index contributed by atoms with van der Waals surface area (Å²) in [6, 6.07) is 18.8. The molecule has 0 spiro atoms. The summed E-state index contributed by atoms with van der Waals surface area (Å²) < 4.78 is 0. The third kappa shape index (κ3) is 7.79. The van der Waals surface area contributed by atoms with E-state index in [1.165, 1.54) is 107 Å². The highest BCUT2D eigenvalue weighted by molar-refractivity contribution is 5.64. The van der Waals surface area contributed by atoms with Gasteiger partial charge in [-0.25, -0.2) is 0 Å². The van der Waals surface area contributed by atoms with Crippen LogP contribution in [0.5, 0.6) is 0 Å². The maximum absolute atomic E-state index is 2.41. The molecule has 3 rings (SSSR count). The molecular formula is C32H48. The zero-order chi connectivity index (χ0) is 22.6. The highest BCUT2D eigenvalue weighted by Gasteiger charge is 2.24. The smallest absolute Gasteiger partial charge is 0.0162 e. The summed E-state index contributed by atoms with van der Waals surface area (Å²) in [4.78, 5) is 0. The first-order chi connectivity index (χ1) is 15.7. The van der Waals surface area contributed by atoms with E-state index in [2.05, 4.69) is 69.3 Å². The Balaban J connectivity index is 1.47. The summed E-state index contributed by atoms with van der Waals surface area (Å²) in [5, 5.41) is 0. The third-order valence-corrected chi connectivity index (χ3v) is 8.05. The molecule has 0 radical (unpaired) electrons. The van der Waals surface area contributed by atoms with Crippen LogP contribution in [0.2, 0.25) is 0 Å². The van der Waals surface area contributed by atoms with Crippen molar-refractivity contribution in [1.29, 1.82) is 0 Å². The third-order valence-electron chi connectivity index (χ3n) is 8.05. The fourth-order valence-electron chi connectivity index (χ4n) is 5.75. The van der Waals surface area contributed by atoms with E-state index in [1.54, 1.807) is 5.56 Å². The van der Waals surface area contributed by atoms with Gasteiger partial charge in [-0.3, -0.25) is 0 Å². The van der Waals surface area contributed by atoms with Crippen molar-refractivity contribution >= 4 is 0 Å². The van der Waals surface area contributed by atoms with E-state index >= 15 is 0 Å². The second kappa shape index (κ2) is 13.9. The van der Waals surface area contributed by atoms with Crippen LogP contribution in [-0.4, -0.2) is 0 Å². The Morgan fingerprint density at radius 1 is 0.688 bits per heavy atom. The molecule has 32 heavy (non-hydrogen) atoms. The zero-order valence-electron chi connectivity index (χ0n) is 21.3. The first kappa shape index (κ1) is 25.1. The Bertz CT molecular complexity index is 731. The average Bonchev–Trinajstić information content (AvgIpc) is 2.85. The quantitative estimate of drug-likeness (QED) is 0.276. The summed E-state index contributed by atoms with van der Waals surface area (Å²) in [6.07, 6.45) is 19.3. The summed E-state index contributed by atoms with van der Waals surface area (Å²) in [5.41, 5.74) is 5.77. The maximum atomic E-state index is 2.41. The van der Waals surface area contributed by atoms with E-state index in [1.807, 2.05) is 0 Å². The zero-order valence-corrected chi connectivity index (χ0v) is 21.3. The van der Waals surface area contributed by atoms with Gasteiger partial charge < -0.3 is 0 Å². The monoisotopic (exact) mass is 432 g/mol. The molecule has 0 aromatic heterocycles. The van der Waals surface area contributed by atoms with Crippen molar-refractivity contribution in [1.82, 2.24) is 0 Å². The van der Waals surface area contributed by atoms with Gasteiger partial charge in [-0.2, -0.15) is 0 Å². The van der Waals surface area contributed by atoms with Gasteiger partial charge in [0.15, 0.2) is 0 Å². The average molecular weight is 433 g/mol. The van der Waals surface area contributed by atoms with Crippen LogP contribution in [0, 0.1) is 11.8 Å². The number of benzene rings is 2. The van der Waals surface area contributed by atoms with Gasteiger partial charge in [0.2, 0.25) is 0 Å². The number of unbranched alkanes of at least 4 members (excludes halogenated alkanes) is 4. The largest absolute Gasteiger partial charge is 0.0654 e. The van der Waals surface area contributed by atoms with Crippen LogP contribution in [0.3, 0.4) is 0 Å². The molecule has 1 atom stereocenters. The van der Waals surface area contributed by atoms with Gasteiger partial charge in [0.25, 0.3) is 0 Å². The van der Waals surface area contributed by atoms with E-state index in [0.717, 1.165) is 17.8 Å². The molecule has 0 heteroatoms. The fourth-order valence-corrected chi connectivity index (χ4v) is 5.75. The van der Waals surface area contributed by atoms with Crippen molar-refractivity contribution in [3.63, 3.8) is 0 Å². The van der Waals surface area contributed by atoms with Crippen LogP contribution in [0.4, 0.5) is 0 Å². The fraction of sp³-hybridized carbons (Fsp3) is 0.625. The molecule has 0 N–H and O–H groups in total. The van der Waals surface area contributed by atoms with Crippen LogP contribution in [0.1, 0.15) is 121 Å². The van der Waals surface area contributed by atoms with Crippen LogP contribution >= 0.6 is 0 Å². The number of hydrogen-bond donors (Lipinski definition) is 0. The molecule has 0 amide bonds. The molecule has 176 valence electrons. The first-order valence-electron chi connectivity index (χ1n) is 13.9. The van der Waals surface area contributed by atoms with Gasteiger partial charge in [-0.1, -0.05) is 114 Å². The molecule has 0 bridgehead atoms. The van der Waals surface area contributed by atoms with Gasteiger partial charge in [0.1, 0.15) is 0 Å². The SMILES string of the molecule is CCCCCCc1ccc(-c2ccc(C3CCC(CC(CC)CCCC)CC3)cc2)cc1. The molecule has 0 saturated heterocycles. The molecule has 1 aliphatic rings. The molecule has 2 aromatic rings. The lowest BCUT2D eigenvalue weighted by atomic mass is 9.74. The van der Waals surface area contributed by atoms with Crippen molar-refractivity contribution in [2.45, 2.75) is 117 Å². The minimum absolute atomic E-state index is 0.779. The molecule has 2 aromatic carbocycles. The van der Waals surface area contributed by atoms with Crippen molar-refractivity contribution in [3.05, 3.63) is 59.7 Å². The van der Waals surface area contributed by atoms with Crippen molar-refractivity contribution in [3.8, 4) is 11.1 Å². The lowest BCUT2D eigenvalue weighted by Gasteiger charge is -2.31. The summed E-state index contributed by atoms with van der Waals surface area (Å²) in [5.74, 6) is 2.73. The summed E-state index contributed by atoms with van der Waals surface area (Å²) >= 11 is 0. The van der Waals surface area contributed by atoms with E-state index in [9.17, 15) is 0 Å². The molecule has 1 aliphatic carbocycles. The Hall–Kier alpha value is -1.56. The van der Waals surface area contributed by atoms with Gasteiger partial charge in [-0.05, 0) is 85.0 Å². The molecule has 1 saturated carbocycles. The molecule has 1 fully saturated rings. The Morgan fingerprint density at radius 2 is 1.31 bits per heavy atom. The van der Waals surface area contributed by atoms with Gasteiger partial charge in [0, 0.05) is 0 Å². The standard InChI is InChI=1S/C32H48/c1-4-7-9-10-12-27-13-17-29(18-14-27)31-21-23-32(24-22-31)30-19-15-28(16-20-30)25-26(6-3)11-8-5-2/h13-14,17-18,21-24,26,28,30H,4-12,15-16,19-20,25H2,1-3H3.